The van der Waals surface area contributed by atoms with Crippen molar-refractivity contribution in [1.29, 1.82) is 0 Å². The molecule has 10 rings (SSSR count). The lowest BCUT2D eigenvalue weighted by Gasteiger charge is -2.19. The highest BCUT2D eigenvalue weighted by Crippen LogP contribution is 2.40. The van der Waals surface area contributed by atoms with E-state index in [0.717, 1.165) is 34.5 Å². The highest BCUT2D eigenvalue weighted by Gasteiger charge is 2.16. The van der Waals surface area contributed by atoms with Crippen molar-refractivity contribution < 1.29 is 0 Å². The van der Waals surface area contributed by atoms with E-state index in [0.29, 0.717) is 0 Å². The van der Waals surface area contributed by atoms with Crippen LogP contribution in [0.25, 0.3) is 72.8 Å². The maximum atomic E-state index is 6.37. The van der Waals surface area contributed by atoms with Gasteiger partial charge in [-0.1, -0.05) is 284 Å². The lowest BCUT2D eigenvalue weighted by atomic mass is 9.85. The number of fused-ring (bicyclic) bond motifs is 2. The highest BCUT2D eigenvalue weighted by atomic mass is 14.6. The highest BCUT2D eigenvalue weighted by molar-refractivity contribution is 6.03. The van der Waals surface area contributed by atoms with Gasteiger partial charge in [-0.15, -0.1) is 6.58 Å². The van der Waals surface area contributed by atoms with Crippen LogP contribution in [-0.4, -0.2) is 0 Å². The molecule has 0 bridgehead atoms. The average molecular weight is 1040 g/mol. The zero-order chi connectivity index (χ0) is 58.3. The molecule has 0 radical (unpaired) electrons. The number of hydrogen-bond acceptors (Lipinski definition) is 1. The molecular weight excluding hydrogens is 951 g/mol. The Bertz CT molecular complexity index is 3520. The van der Waals surface area contributed by atoms with Crippen molar-refractivity contribution in [2.45, 2.75) is 110 Å². The molecule has 1 heteroatoms. The Balaban J connectivity index is 0.000000307. The predicted octanol–water partition coefficient (Wildman–Crippen LogP) is 21.7. The van der Waals surface area contributed by atoms with E-state index in [1.54, 1.807) is 6.08 Å². The Morgan fingerprint density at radius 1 is 0.506 bits per heavy atom. The largest absolute Gasteiger partial charge is 0.398 e. The first kappa shape index (κ1) is 65.0. The Kier molecular flexibility index (Phi) is 29.0. The van der Waals surface area contributed by atoms with Crippen molar-refractivity contribution in [2.75, 3.05) is 0 Å². The minimum absolute atomic E-state index is 0.759. The van der Waals surface area contributed by atoms with Gasteiger partial charge in [0.25, 0.3) is 0 Å². The third-order valence-electron chi connectivity index (χ3n) is 12.9. The molecule has 0 aromatic heterocycles. The first-order chi connectivity index (χ1) is 38.3. The molecule has 0 amide bonds. The molecule has 1 aliphatic rings. The summed E-state index contributed by atoms with van der Waals surface area (Å²) in [7, 11) is 0. The van der Waals surface area contributed by atoms with Gasteiger partial charge in [0.2, 0.25) is 0 Å². The number of aryl methyl sites for hydroxylation is 4. The zero-order valence-electron chi connectivity index (χ0n) is 50.5. The quantitative estimate of drug-likeness (QED) is 0.130. The van der Waals surface area contributed by atoms with Crippen molar-refractivity contribution in [1.82, 2.24) is 0 Å². The van der Waals surface area contributed by atoms with Crippen LogP contribution in [0.5, 0.6) is 0 Å². The van der Waals surface area contributed by atoms with Gasteiger partial charge in [-0.05, 0) is 173 Å². The molecule has 9 aromatic carbocycles. The van der Waals surface area contributed by atoms with E-state index in [1.807, 2.05) is 117 Å². The molecule has 0 spiro atoms. The van der Waals surface area contributed by atoms with Gasteiger partial charge in [0, 0.05) is 10.9 Å². The summed E-state index contributed by atoms with van der Waals surface area (Å²) in [5, 5.41) is 7.10. The third kappa shape index (κ3) is 19.0. The van der Waals surface area contributed by atoms with E-state index in [2.05, 4.69) is 218 Å². The Morgan fingerprint density at radius 3 is 1.62 bits per heavy atom. The molecule has 9 aromatic rings. The topological polar surface area (TPSA) is 26.0 Å². The summed E-state index contributed by atoms with van der Waals surface area (Å²) >= 11 is 0. The van der Waals surface area contributed by atoms with Crippen LogP contribution in [0.1, 0.15) is 115 Å². The predicted molar refractivity (Wildman–Crippen MR) is 358 cm³/mol. The molecule has 0 unspecified atom stereocenters. The first-order valence-electron chi connectivity index (χ1n) is 28.4. The Labute approximate surface area is 478 Å². The van der Waals surface area contributed by atoms with Crippen molar-refractivity contribution in [2.24, 2.45) is 5.73 Å². The summed E-state index contributed by atoms with van der Waals surface area (Å²) < 4.78 is 0. The fourth-order valence-corrected chi connectivity index (χ4v) is 9.13. The Morgan fingerprint density at radius 2 is 1.05 bits per heavy atom. The van der Waals surface area contributed by atoms with Crippen LogP contribution in [0.2, 0.25) is 0 Å². The second-order valence-corrected chi connectivity index (χ2v) is 18.9. The van der Waals surface area contributed by atoms with Gasteiger partial charge < -0.3 is 5.73 Å². The Hall–Kier alpha value is -8.26. The molecule has 2 N–H and O–H groups in total. The van der Waals surface area contributed by atoms with Crippen molar-refractivity contribution in [3.8, 4) is 33.4 Å². The van der Waals surface area contributed by atoms with Crippen LogP contribution in [0.15, 0.2) is 249 Å². The minimum atomic E-state index is 0.759. The summed E-state index contributed by atoms with van der Waals surface area (Å²) in [6, 6.07) is 68.5. The molecule has 1 aliphatic carbocycles. The molecule has 0 heterocycles. The number of hydrogen-bond donors (Lipinski definition) is 1. The molecule has 0 saturated carbocycles. The van der Waals surface area contributed by atoms with Gasteiger partial charge in [-0.3, -0.25) is 0 Å². The van der Waals surface area contributed by atoms with Crippen LogP contribution < -0.4 is 16.2 Å². The molecule has 1 nitrogen and oxygen atoms in total. The smallest absolute Gasteiger partial charge is 0.0467 e. The van der Waals surface area contributed by atoms with E-state index in [1.165, 1.54) is 99.5 Å². The van der Waals surface area contributed by atoms with E-state index in [4.69, 9.17) is 5.73 Å². The van der Waals surface area contributed by atoms with Crippen LogP contribution in [0.4, 0.5) is 0 Å². The molecule has 0 aliphatic heterocycles. The van der Waals surface area contributed by atoms with Crippen molar-refractivity contribution in [3.63, 3.8) is 0 Å². The van der Waals surface area contributed by atoms with Gasteiger partial charge in [-0.25, -0.2) is 0 Å². The normalized spacial score (nSPS) is 11.3. The summed E-state index contributed by atoms with van der Waals surface area (Å²) in [5.41, 5.74) is 26.6. The number of rotatable bonds is 6. The molecule has 0 atom stereocenters. The standard InChI is InChI=1S/C32H30.C24H19N.C7H8.C5H8.C4H8.3C2H6/c1-21-11-5-7-13-26(21)28-18-17-25(19-23(28)3)32-20-31(27-14-8-6-12-22(27)2)24(4)29-15-9-10-16-30(29)32;1-17-7-2-4-10-21(17)24(25)20-15-13-19(14-16-20)23-12-6-9-18-8-3-5-11-22(18)23;1-7-5-3-2-4-6-7;1-3-5-4-2;1-4(2)3;3*1-2/h5-6,8-12,14-20H,7,13H2,1-4H3;2-16H,1,25H2;2-6H,1H3;3-5H,1H2,2H3;1H2,2-3H3;3*1-2H3/b;24-21-;;5-4-;;;;. The maximum absolute atomic E-state index is 6.37. The maximum Gasteiger partial charge on any atom is 0.0467 e. The van der Waals surface area contributed by atoms with Crippen LogP contribution in [-0.2, 0) is 0 Å². The van der Waals surface area contributed by atoms with Gasteiger partial charge in [0.15, 0.2) is 0 Å². The summed E-state index contributed by atoms with van der Waals surface area (Å²) in [5.74, 6) is 0. The fourth-order valence-electron chi connectivity index (χ4n) is 9.13. The number of benzene rings is 9. The van der Waals surface area contributed by atoms with Gasteiger partial charge in [-0.2, -0.15) is 0 Å². The first-order valence-corrected chi connectivity index (χ1v) is 28.4. The van der Waals surface area contributed by atoms with Crippen LogP contribution in [0, 0.1) is 27.7 Å². The van der Waals surface area contributed by atoms with Crippen LogP contribution in [0.3, 0.4) is 0 Å². The number of nitrogens with two attached hydrogens (primary N) is 1. The van der Waals surface area contributed by atoms with E-state index >= 15 is 0 Å². The molecule has 0 saturated heterocycles. The van der Waals surface area contributed by atoms with Crippen LogP contribution >= 0.6 is 0 Å². The molecule has 408 valence electrons. The summed E-state index contributed by atoms with van der Waals surface area (Å²) in [6.07, 6.45) is 12.4. The van der Waals surface area contributed by atoms with Gasteiger partial charge in [0.05, 0.1) is 0 Å². The second-order valence-electron chi connectivity index (χ2n) is 18.9. The van der Waals surface area contributed by atoms with E-state index < -0.39 is 0 Å². The fraction of sp³-hybridized carbons (Fsp3) is 0.205. The summed E-state index contributed by atoms with van der Waals surface area (Å²) in [4.78, 5) is 0. The SMILES string of the molecule is C=C(C)C.C=C/C=C\C.C=c1cccc/c1=C(/N)c1ccc(-c2cccc3ccccc23)cc1.CC.CC.CC.CC1=C(c2ccc(-c3cc(-c4ccccc4C)c(C)c4ccccc34)cc2C)CCC=C1.Cc1ccccc1. The van der Waals surface area contributed by atoms with Crippen molar-refractivity contribution in [3.05, 3.63) is 293 Å². The minimum Gasteiger partial charge on any atom is -0.398 e. The second kappa shape index (κ2) is 35.2. The monoisotopic (exact) mass is 1040 g/mol. The van der Waals surface area contributed by atoms with E-state index in [-0.39, 0.29) is 0 Å². The molecule has 79 heavy (non-hydrogen) atoms. The molecule has 0 fully saturated rings. The third-order valence-corrected chi connectivity index (χ3v) is 12.9. The van der Waals surface area contributed by atoms with Crippen molar-refractivity contribution >= 4 is 39.4 Å². The molecular formula is C78H91N. The van der Waals surface area contributed by atoms with Gasteiger partial charge >= 0.3 is 0 Å². The zero-order valence-corrected chi connectivity index (χ0v) is 50.5. The number of allylic oxidation sites excluding steroid dienone is 8. The summed E-state index contributed by atoms with van der Waals surface area (Å²) in [6.45, 7) is 40.0. The lowest BCUT2D eigenvalue weighted by Crippen LogP contribution is -2.28. The average Bonchev–Trinajstić information content (AvgIpc) is 3.48. The van der Waals surface area contributed by atoms with E-state index in [9.17, 15) is 0 Å². The van der Waals surface area contributed by atoms with Gasteiger partial charge in [0.1, 0.15) is 0 Å². The lowest BCUT2D eigenvalue weighted by molar-refractivity contribution is 1.03.